The van der Waals surface area contributed by atoms with E-state index in [0.29, 0.717) is 6.07 Å². The van der Waals surface area contributed by atoms with Crippen molar-refractivity contribution in [3.8, 4) is 5.75 Å². The fourth-order valence-electron chi connectivity index (χ4n) is 3.63. The molecule has 0 unspecified atom stereocenters. The summed E-state index contributed by atoms with van der Waals surface area (Å²) in [6, 6.07) is 11.1. The number of azo groups is 2. The fraction of sp³-hybridized carbons (Fsp3) is 0. The second-order valence-electron chi connectivity index (χ2n) is 8.49. The van der Waals surface area contributed by atoms with Crippen LogP contribution in [0.25, 0.3) is 10.8 Å². The Morgan fingerprint density at radius 1 is 0.609 bits per heavy atom. The van der Waals surface area contributed by atoms with Gasteiger partial charge >= 0.3 is 7.60 Å². The zero-order valence-electron chi connectivity index (χ0n) is 23.0. The van der Waals surface area contributed by atoms with Gasteiger partial charge in [0.15, 0.2) is 0 Å². The number of phenols is 1. The van der Waals surface area contributed by atoms with E-state index >= 15 is 0 Å². The van der Waals surface area contributed by atoms with E-state index in [4.69, 9.17) is 0 Å². The number of aromatic hydroxyl groups is 1. The van der Waals surface area contributed by atoms with Gasteiger partial charge in [-0.2, -0.15) is 35.5 Å². The molecule has 0 atom stereocenters. The summed E-state index contributed by atoms with van der Waals surface area (Å²) in [5, 5.41) is 24.2. The molecule has 0 radical (unpaired) electrons. The number of fused-ring (bicyclic) bond motifs is 1. The molecule has 0 aliphatic rings. The molecule has 0 aliphatic heterocycles. The largest absolute Gasteiger partial charge is 0.506 e. The van der Waals surface area contributed by atoms with Gasteiger partial charge in [-0.15, -0.1) is 10.2 Å². The van der Waals surface area contributed by atoms with Gasteiger partial charge < -0.3 is 33.3 Å². The summed E-state index contributed by atoms with van der Waals surface area (Å²) in [6.07, 6.45) is 0. The maximum atomic E-state index is 12.1. The molecule has 46 heavy (non-hydrogen) atoms. The third-order valence-corrected chi connectivity index (χ3v) is 9.05. The second kappa shape index (κ2) is 14.1. The van der Waals surface area contributed by atoms with Gasteiger partial charge in [0.05, 0.1) is 21.6 Å². The number of nitrogens with zero attached hydrogens (tertiary/aromatic N) is 4. The summed E-state index contributed by atoms with van der Waals surface area (Å²) in [4.78, 5) is 15.7. The fourth-order valence-corrected chi connectivity index (χ4v) is 6.22. The number of hydrogen-bond donors (Lipinski definition) is 9. The van der Waals surface area contributed by atoms with E-state index in [1.807, 2.05) is 0 Å². The Labute approximate surface area is 260 Å². The normalized spacial score (nSPS) is 12.5. The van der Waals surface area contributed by atoms with Gasteiger partial charge in [0.25, 0.3) is 30.4 Å². The molecule has 0 spiro atoms. The Morgan fingerprint density at radius 3 is 1.74 bits per heavy atom. The summed E-state index contributed by atoms with van der Waals surface area (Å²) >= 11 is 0. The first-order valence-electron chi connectivity index (χ1n) is 11.1. The third kappa shape index (κ3) is 9.00. The molecule has 24 heteroatoms. The number of rotatable bonds is 8. The van der Waals surface area contributed by atoms with Crippen LogP contribution in [-0.2, 0) is 34.9 Å². The van der Waals surface area contributed by atoms with Crippen LogP contribution in [0.5, 0.6) is 5.75 Å². The van der Waals surface area contributed by atoms with E-state index in [2.05, 4.69) is 20.5 Å². The van der Waals surface area contributed by atoms with Crippen LogP contribution in [0.2, 0.25) is 0 Å². The highest BCUT2D eigenvalue weighted by molar-refractivity contribution is 7.87. The molecular weight excluding hydrogens is 697 g/mol. The topological polar surface area (TPSA) is 395 Å². The Hall–Kier alpha value is -4.10. The highest BCUT2D eigenvalue weighted by Crippen LogP contribution is 2.42. The molecular formula is C22H26N7O13PS3. The summed E-state index contributed by atoms with van der Waals surface area (Å²) in [7, 11) is -19.8. The van der Waals surface area contributed by atoms with E-state index in [-0.39, 0.29) is 40.5 Å². The molecule has 20 nitrogen and oxygen atoms in total. The SMILES string of the molecule is N.N.N.O=P(O)(O)c1cccc(N=Nc2ccc(N=Nc3c(O)ccc4cc(S(=O)(=O)O)cc(S(=O)(=O)O)c34)c(S(=O)(=O)O)c2)c1. The molecule has 0 amide bonds. The van der Waals surface area contributed by atoms with E-state index in [0.717, 1.165) is 48.5 Å². The van der Waals surface area contributed by atoms with Crippen LogP contribution >= 0.6 is 7.60 Å². The first-order valence-corrected chi connectivity index (χ1v) is 17.0. The van der Waals surface area contributed by atoms with Crippen molar-refractivity contribution in [2.75, 3.05) is 0 Å². The summed E-state index contributed by atoms with van der Waals surface area (Å²) in [6.45, 7) is 0. The average Bonchev–Trinajstić information content (AvgIpc) is 2.89. The van der Waals surface area contributed by atoms with Gasteiger partial charge in [0.1, 0.15) is 26.9 Å². The van der Waals surface area contributed by atoms with Gasteiger partial charge in [-0.05, 0) is 60.0 Å². The van der Waals surface area contributed by atoms with Crippen molar-refractivity contribution in [3.63, 3.8) is 0 Å². The maximum absolute atomic E-state index is 12.1. The van der Waals surface area contributed by atoms with Crippen molar-refractivity contribution in [1.82, 2.24) is 18.5 Å². The van der Waals surface area contributed by atoms with Crippen LogP contribution in [0.1, 0.15) is 0 Å². The van der Waals surface area contributed by atoms with Crippen LogP contribution in [0.4, 0.5) is 22.7 Å². The standard InChI is InChI=1S/C22H17N4O13PS3.3H3N/c27-18-7-4-12-8-16(41(31,32)33)11-20(43(37,38)39)21(12)22(18)26-25-17-6-5-14(10-19(17)42(34,35)36)24-23-13-2-1-3-15(9-13)40(28,29)30;;;/h1-11,27H,(H2,28,29,30)(H,31,32,33)(H,34,35,36)(H,37,38,39);3*1H3. The Balaban J connectivity index is 0.00000353. The number of benzene rings is 4. The van der Waals surface area contributed by atoms with Gasteiger partial charge in [-0.25, -0.2) is 0 Å². The Morgan fingerprint density at radius 2 is 1.20 bits per heavy atom. The van der Waals surface area contributed by atoms with Crippen molar-refractivity contribution in [1.29, 1.82) is 0 Å². The van der Waals surface area contributed by atoms with Crippen molar-refractivity contribution >= 4 is 76.8 Å². The van der Waals surface area contributed by atoms with E-state index in [1.165, 1.54) is 12.1 Å². The predicted octanol–water partition coefficient (Wildman–Crippen LogP) is 4.41. The second-order valence-corrected chi connectivity index (χ2v) is 14.3. The molecule has 4 rings (SSSR count). The van der Waals surface area contributed by atoms with E-state index in [9.17, 15) is 58.4 Å². The molecule has 0 aliphatic carbocycles. The molecule has 0 heterocycles. The van der Waals surface area contributed by atoms with E-state index < -0.39 is 75.1 Å². The summed E-state index contributed by atoms with van der Waals surface area (Å²) < 4.78 is 112. The van der Waals surface area contributed by atoms with Crippen molar-refractivity contribution < 1.29 is 58.4 Å². The Bertz CT molecular complexity index is 2240. The van der Waals surface area contributed by atoms with Crippen LogP contribution in [0, 0.1) is 0 Å². The van der Waals surface area contributed by atoms with Crippen molar-refractivity contribution in [2.45, 2.75) is 14.7 Å². The van der Waals surface area contributed by atoms with Crippen LogP contribution in [0.15, 0.2) is 102 Å². The first-order chi connectivity index (χ1) is 19.7. The quantitative estimate of drug-likeness (QED) is 0.0690. The lowest BCUT2D eigenvalue weighted by atomic mass is 10.1. The molecule has 0 fully saturated rings. The molecule has 4 aromatic rings. The molecule has 0 saturated carbocycles. The predicted molar refractivity (Wildman–Crippen MR) is 163 cm³/mol. The summed E-state index contributed by atoms with van der Waals surface area (Å²) in [5.41, 5.74) is -1.39. The lowest BCUT2D eigenvalue weighted by Gasteiger charge is -2.10. The Kier molecular flexibility index (Phi) is 12.3. The molecule has 0 bridgehead atoms. The summed E-state index contributed by atoms with van der Waals surface area (Å²) in [5.74, 6) is -0.739. The zero-order chi connectivity index (χ0) is 32.0. The molecule has 15 N–H and O–H groups in total. The highest BCUT2D eigenvalue weighted by Gasteiger charge is 2.24. The highest BCUT2D eigenvalue weighted by atomic mass is 32.2. The van der Waals surface area contributed by atoms with Gasteiger partial charge in [-0.3, -0.25) is 18.2 Å². The third-order valence-electron chi connectivity index (χ3n) is 5.51. The van der Waals surface area contributed by atoms with Crippen LogP contribution in [-0.4, -0.2) is 53.8 Å². The minimum atomic E-state index is -5.20. The van der Waals surface area contributed by atoms with Gasteiger partial charge in [0.2, 0.25) is 0 Å². The number of phenolic OH excluding ortho intramolecular Hbond substituents is 1. The first kappa shape index (κ1) is 39.9. The monoisotopic (exact) mass is 723 g/mol. The molecule has 4 aromatic carbocycles. The number of hydrogen-bond acceptors (Lipinski definition) is 15. The minimum absolute atomic E-state index is 0. The van der Waals surface area contributed by atoms with Crippen molar-refractivity contribution in [2.24, 2.45) is 20.5 Å². The lowest BCUT2D eigenvalue weighted by molar-refractivity contribution is 0.387. The zero-order valence-corrected chi connectivity index (χ0v) is 26.3. The average molecular weight is 724 g/mol. The van der Waals surface area contributed by atoms with Crippen molar-refractivity contribution in [3.05, 3.63) is 66.7 Å². The van der Waals surface area contributed by atoms with E-state index in [1.54, 1.807) is 0 Å². The smallest absolute Gasteiger partial charge is 0.356 e. The van der Waals surface area contributed by atoms with Crippen LogP contribution < -0.4 is 23.8 Å². The van der Waals surface area contributed by atoms with Gasteiger partial charge in [-0.1, -0.05) is 12.1 Å². The lowest BCUT2D eigenvalue weighted by Crippen LogP contribution is -2.04. The van der Waals surface area contributed by atoms with Gasteiger partial charge in [0, 0.05) is 5.39 Å². The molecule has 0 saturated heterocycles. The van der Waals surface area contributed by atoms with Crippen LogP contribution in [0.3, 0.4) is 0 Å². The maximum Gasteiger partial charge on any atom is 0.356 e. The minimum Gasteiger partial charge on any atom is -0.506 e. The molecule has 250 valence electrons. The molecule has 0 aromatic heterocycles.